The van der Waals surface area contributed by atoms with Gasteiger partial charge in [-0.3, -0.25) is 0 Å². The van der Waals surface area contributed by atoms with Gasteiger partial charge in [0.25, 0.3) is 0 Å². The third-order valence-corrected chi connectivity index (χ3v) is 4.25. The SMILES string of the molecule is CN(C)c1ccc(-c2nc(C(C)(C)C)c(C(=O)O)s2)cc1. The van der Waals surface area contributed by atoms with E-state index in [1.165, 1.54) is 11.3 Å². The van der Waals surface area contributed by atoms with Gasteiger partial charge in [0.2, 0.25) is 0 Å². The fourth-order valence-electron chi connectivity index (χ4n) is 2.00. The largest absolute Gasteiger partial charge is 0.477 e. The molecule has 0 spiro atoms. The molecule has 0 atom stereocenters. The molecule has 0 saturated heterocycles. The molecule has 0 aliphatic heterocycles. The zero-order valence-corrected chi connectivity index (χ0v) is 13.8. The third-order valence-electron chi connectivity index (χ3n) is 3.16. The van der Waals surface area contributed by atoms with Crippen LogP contribution in [0.1, 0.15) is 36.1 Å². The summed E-state index contributed by atoms with van der Waals surface area (Å²) in [6, 6.07) is 7.97. The van der Waals surface area contributed by atoms with Crippen LogP contribution in [0.4, 0.5) is 5.69 Å². The number of hydrogen-bond donors (Lipinski definition) is 1. The lowest BCUT2D eigenvalue weighted by molar-refractivity contribution is 0.0699. The van der Waals surface area contributed by atoms with E-state index in [-0.39, 0.29) is 5.41 Å². The van der Waals surface area contributed by atoms with Crippen LogP contribution in [0.15, 0.2) is 24.3 Å². The summed E-state index contributed by atoms with van der Waals surface area (Å²) >= 11 is 1.24. The number of hydrogen-bond acceptors (Lipinski definition) is 4. The van der Waals surface area contributed by atoms with E-state index in [4.69, 9.17) is 0 Å². The highest BCUT2D eigenvalue weighted by Gasteiger charge is 2.27. The molecule has 0 amide bonds. The van der Waals surface area contributed by atoms with Crippen molar-refractivity contribution in [3.8, 4) is 10.6 Å². The Labute approximate surface area is 129 Å². The van der Waals surface area contributed by atoms with Crippen molar-refractivity contribution in [2.24, 2.45) is 0 Å². The maximum absolute atomic E-state index is 11.4. The van der Waals surface area contributed by atoms with Gasteiger partial charge in [-0.1, -0.05) is 20.8 Å². The number of aromatic nitrogens is 1. The summed E-state index contributed by atoms with van der Waals surface area (Å²) in [5.74, 6) is -0.909. The van der Waals surface area contributed by atoms with Crippen molar-refractivity contribution in [1.29, 1.82) is 0 Å². The molecule has 0 fully saturated rings. The summed E-state index contributed by atoms with van der Waals surface area (Å²) in [6.07, 6.45) is 0. The van der Waals surface area contributed by atoms with Gasteiger partial charge < -0.3 is 10.0 Å². The third kappa shape index (κ3) is 3.24. The second-order valence-corrected chi connectivity index (χ2v) is 7.19. The van der Waals surface area contributed by atoms with Crippen molar-refractivity contribution in [1.82, 2.24) is 4.98 Å². The molecule has 0 aliphatic rings. The highest BCUT2D eigenvalue weighted by molar-refractivity contribution is 7.17. The van der Waals surface area contributed by atoms with Gasteiger partial charge in [-0.25, -0.2) is 9.78 Å². The molecule has 0 radical (unpaired) electrons. The first-order chi connectivity index (χ1) is 9.70. The van der Waals surface area contributed by atoms with E-state index < -0.39 is 5.97 Å². The molecule has 112 valence electrons. The van der Waals surface area contributed by atoms with Crippen molar-refractivity contribution < 1.29 is 9.90 Å². The molecule has 2 aromatic rings. The predicted octanol–water partition coefficient (Wildman–Crippen LogP) is 3.87. The number of carboxylic acids is 1. The Morgan fingerprint density at radius 2 is 1.76 bits per heavy atom. The minimum Gasteiger partial charge on any atom is -0.477 e. The molecular formula is C16H20N2O2S. The number of benzene rings is 1. The molecular weight excluding hydrogens is 284 g/mol. The summed E-state index contributed by atoms with van der Waals surface area (Å²) in [7, 11) is 3.97. The second-order valence-electron chi connectivity index (χ2n) is 6.19. The smallest absolute Gasteiger partial charge is 0.347 e. The van der Waals surface area contributed by atoms with Gasteiger partial charge in [0.1, 0.15) is 9.88 Å². The monoisotopic (exact) mass is 304 g/mol. The van der Waals surface area contributed by atoms with Crippen molar-refractivity contribution >= 4 is 23.0 Å². The summed E-state index contributed by atoms with van der Waals surface area (Å²) in [6.45, 7) is 5.94. The topological polar surface area (TPSA) is 53.4 Å². The average Bonchev–Trinajstić information content (AvgIpc) is 2.84. The standard InChI is InChI=1S/C16H20N2O2S/c1-16(2,3)13-12(15(19)20)21-14(17-13)10-6-8-11(9-7-10)18(4)5/h6-9H,1-5H3,(H,19,20). The van der Waals surface area contributed by atoms with Crippen LogP contribution in [0.25, 0.3) is 10.6 Å². The molecule has 1 aromatic heterocycles. The van der Waals surface area contributed by atoms with Gasteiger partial charge in [0.05, 0.1) is 5.69 Å². The van der Waals surface area contributed by atoms with Gasteiger partial charge in [0.15, 0.2) is 0 Å². The second kappa shape index (κ2) is 5.48. The number of nitrogens with zero attached hydrogens (tertiary/aromatic N) is 2. The summed E-state index contributed by atoms with van der Waals surface area (Å²) in [5, 5.41) is 10.1. The minimum absolute atomic E-state index is 0.286. The molecule has 0 bridgehead atoms. The van der Waals surface area contributed by atoms with E-state index in [9.17, 15) is 9.90 Å². The number of anilines is 1. The molecule has 21 heavy (non-hydrogen) atoms. The maximum Gasteiger partial charge on any atom is 0.347 e. The number of rotatable bonds is 3. The Balaban J connectivity index is 2.47. The Hall–Kier alpha value is -1.88. The summed E-state index contributed by atoms with van der Waals surface area (Å²) < 4.78 is 0. The Bertz CT molecular complexity index is 652. The lowest BCUT2D eigenvalue weighted by atomic mass is 9.91. The van der Waals surface area contributed by atoms with Gasteiger partial charge >= 0.3 is 5.97 Å². The number of aromatic carboxylic acids is 1. The van der Waals surface area contributed by atoms with Crippen LogP contribution in [-0.2, 0) is 5.41 Å². The van der Waals surface area contributed by atoms with Gasteiger partial charge in [-0.05, 0) is 24.3 Å². The van der Waals surface area contributed by atoms with Crippen LogP contribution in [0.3, 0.4) is 0 Å². The van der Waals surface area contributed by atoms with Crippen LogP contribution < -0.4 is 4.90 Å². The molecule has 0 saturated carbocycles. The van der Waals surface area contributed by atoms with E-state index >= 15 is 0 Å². The quantitative estimate of drug-likeness (QED) is 0.935. The molecule has 1 N–H and O–H groups in total. The minimum atomic E-state index is -0.909. The first-order valence-electron chi connectivity index (χ1n) is 6.72. The number of carbonyl (C=O) groups is 1. The molecule has 5 heteroatoms. The summed E-state index contributed by atoms with van der Waals surface area (Å²) in [4.78, 5) is 18.3. The molecule has 0 aliphatic carbocycles. The van der Waals surface area contributed by atoms with Gasteiger partial charge in [-0.2, -0.15) is 0 Å². The van der Waals surface area contributed by atoms with Gasteiger partial charge in [0, 0.05) is 30.8 Å². The van der Waals surface area contributed by atoms with E-state index in [0.717, 1.165) is 16.3 Å². The lowest BCUT2D eigenvalue weighted by Crippen LogP contribution is -2.16. The molecule has 4 nitrogen and oxygen atoms in total. The Morgan fingerprint density at radius 1 is 1.19 bits per heavy atom. The highest BCUT2D eigenvalue weighted by atomic mass is 32.1. The molecule has 1 aromatic carbocycles. The van der Waals surface area contributed by atoms with Crippen molar-refractivity contribution in [3.63, 3.8) is 0 Å². The van der Waals surface area contributed by atoms with Crippen LogP contribution in [-0.4, -0.2) is 30.2 Å². The lowest BCUT2D eigenvalue weighted by Gasteiger charge is -2.16. The van der Waals surface area contributed by atoms with E-state index in [1.807, 2.05) is 64.0 Å². The molecule has 0 unspecified atom stereocenters. The Morgan fingerprint density at radius 3 is 2.14 bits per heavy atom. The molecule has 2 rings (SSSR count). The Kier molecular flexibility index (Phi) is 4.05. The summed E-state index contributed by atoms with van der Waals surface area (Å²) in [5.41, 5.74) is 2.41. The van der Waals surface area contributed by atoms with E-state index in [2.05, 4.69) is 4.98 Å². The zero-order chi connectivity index (χ0) is 15.8. The fraction of sp³-hybridized carbons (Fsp3) is 0.375. The maximum atomic E-state index is 11.4. The van der Waals surface area contributed by atoms with Crippen molar-refractivity contribution in [3.05, 3.63) is 34.8 Å². The number of thiazole rings is 1. The van der Waals surface area contributed by atoms with Crippen LogP contribution in [0, 0.1) is 0 Å². The highest BCUT2D eigenvalue weighted by Crippen LogP contribution is 2.34. The van der Waals surface area contributed by atoms with Crippen molar-refractivity contribution in [2.45, 2.75) is 26.2 Å². The van der Waals surface area contributed by atoms with Crippen LogP contribution in [0.5, 0.6) is 0 Å². The first-order valence-corrected chi connectivity index (χ1v) is 7.54. The van der Waals surface area contributed by atoms with E-state index in [1.54, 1.807) is 0 Å². The fourth-order valence-corrected chi connectivity index (χ4v) is 3.12. The predicted molar refractivity (Wildman–Crippen MR) is 87.5 cm³/mol. The van der Waals surface area contributed by atoms with Crippen molar-refractivity contribution in [2.75, 3.05) is 19.0 Å². The first kappa shape index (κ1) is 15.5. The zero-order valence-electron chi connectivity index (χ0n) is 13.0. The number of carboxylic acid groups (broad SMARTS) is 1. The average molecular weight is 304 g/mol. The normalized spacial score (nSPS) is 11.5. The molecule has 1 heterocycles. The van der Waals surface area contributed by atoms with E-state index in [0.29, 0.717) is 10.6 Å². The van der Waals surface area contributed by atoms with Crippen LogP contribution in [0.2, 0.25) is 0 Å². The van der Waals surface area contributed by atoms with Gasteiger partial charge in [-0.15, -0.1) is 11.3 Å². The van der Waals surface area contributed by atoms with Crippen LogP contribution >= 0.6 is 11.3 Å².